The number of hydrogen-bond acceptors (Lipinski definition) is 7. The summed E-state index contributed by atoms with van der Waals surface area (Å²) in [6, 6.07) is 16.2. The van der Waals surface area contributed by atoms with E-state index in [1.165, 1.54) is 81.4 Å². The summed E-state index contributed by atoms with van der Waals surface area (Å²) < 4.78 is 34.1. The Balaban J connectivity index is 1.43. The summed E-state index contributed by atoms with van der Waals surface area (Å²) in [6.07, 6.45) is 18.7. The highest BCUT2D eigenvalue weighted by molar-refractivity contribution is 7.92. The molecule has 0 aliphatic heterocycles. The summed E-state index contributed by atoms with van der Waals surface area (Å²) >= 11 is 13.3. The van der Waals surface area contributed by atoms with Crippen molar-refractivity contribution in [1.29, 1.82) is 0 Å². The number of carbonyl (C=O) groups excluding carboxylic acids is 1. The van der Waals surface area contributed by atoms with Gasteiger partial charge in [0.05, 0.1) is 39.8 Å². The lowest BCUT2D eigenvalue weighted by atomic mass is 10.0. The third kappa shape index (κ3) is 14.3. The van der Waals surface area contributed by atoms with Crippen LogP contribution in [-0.2, 0) is 26.4 Å². The molecule has 0 saturated carbocycles. The number of aromatic amines is 1. The van der Waals surface area contributed by atoms with Crippen LogP contribution in [0.15, 0.2) is 65.5 Å². The molecule has 0 aliphatic rings. The third-order valence-corrected chi connectivity index (χ3v) is 10.4. The van der Waals surface area contributed by atoms with E-state index in [0.29, 0.717) is 29.8 Å². The van der Waals surface area contributed by atoms with Gasteiger partial charge in [-0.3, -0.25) is 19.4 Å². The maximum atomic E-state index is 14.1. The van der Waals surface area contributed by atoms with Crippen LogP contribution in [0.1, 0.15) is 120 Å². The van der Waals surface area contributed by atoms with E-state index in [1.807, 2.05) is 0 Å². The van der Waals surface area contributed by atoms with Crippen LogP contribution in [0.2, 0.25) is 10.0 Å². The van der Waals surface area contributed by atoms with Crippen molar-refractivity contribution in [1.82, 2.24) is 15.1 Å². The number of unbranched alkanes of at least 4 members (excludes halogenated alkanes) is 13. The first-order chi connectivity index (χ1) is 27.0. The second kappa shape index (κ2) is 23.4. The highest BCUT2D eigenvalue weighted by Gasteiger charge is 2.23. The molecule has 0 bridgehead atoms. The molecule has 4 rings (SSSR count). The molecule has 0 aliphatic carbocycles. The van der Waals surface area contributed by atoms with Gasteiger partial charge in [-0.2, -0.15) is 0 Å². The SMILES string of the molecule is CCCCCCCCCCCCCCCCNC(=O)c1ccc(-c2[nH]n(-c3ccccc3NS(C)(=O)=O)c(=O)c2Oc2ccc(COOCC)cc2Cl)cc1Cl. The van der Waals surface area contributed by atoms with Gasteiger partial charge >= 0.3 is 5.56 Å². The quantitative estimate of drug-likeness (QED) is 0.0325. The normalized spacial score (nSPS) is 11.5. The molecule has 306 valence electrons. The molecule has 0 fully saturated rings. The topological polar surface area (TPSA) is 141 Å². The number of benzene rings is 3. The van der Waals surface area contributed by atoms with Gasteiger partial charge in [-0.15, -0.1) is 0 Å². The zero-order valence-electron chi connectivity index (χ0n) is 32.8. The maximum Gasteiger partial charge on any atom is 0.314 e. The van der Waals surface area contributed by atoms with Gasteiger partial charge in [-0.25, -0.2) is 22.9 Å². The van der Waals surface area contributed by atoms with Gasteiger partial charge in [-0.1, -0.05) is 138 Å². The summed E-state index contributed by atoms with van der Waals surface area (Å²) in [4.78, 5) is 37.3. The monoisotopic (exact) mass is 830 g/mol. The number of para-hydroxylation sites is 2. The van der Waals surface area contributed by atoms with E-state index >= 15 is 0 Å². The number of anilines is 1. The van der Waals surface area contributed by atoms with Crippen molar-refractivity contribution in [3.63, 3.8) is 0 Å². The molecular formula is C42H56Cl2N4O7S. The fourth-order valence-corrected chi connectivity index (χ4v) is 7.41. The van der Waals surface area contributed by atoms with Crippen LogP contribution in [0.4, 0.5) is 5.69 Å². The van der Waals surface area contributed by atoms with Gasteiger partial charge in [0.2, 0.25) is 15.8 Å². The van der Waals surface area contributed by atoms with Crippen molar-refractivity contribution in [2.45, 2.75) is 110 Å². The second-order valence-corrected chi connectivity index (χ2v) is 16.5. The van der Waals surface area contributed by atoms with Crippen LogP contribution >= 0.6 is 23.2 Å². The van der Waals surface area contributed by atoms with E-state index in [9.17, 15) is 18.0 Å². The molecule has 0 atom stereocenters. The fourth-order valence-electron chi connectivity index (χ4n) is 6.33. The molecule has 14 heteroatoms. The van der Waals surface area contributed by atoms with E-state index in [1.54, 1.807) is 61.5 Å². The average molecular weight is 832 g/mol. The van der Waals surface area contributed by atoms with Crippen molar-refractivity contribution in [3.8, 4) is 28.4 Å². The second-order valence-electron chi connectivity index (χ2n) is 13.9. The van der Waals surface area contributed by atoms with Crippen molar-refractivity contribution in [3.05, 3.63) is 92.2 Å². The molecule has 0 spiro atoms. The molecule has 1 heterocycles. The number of rotatable bonds is 26. The predicted molar refractivity (Wildman–Crippen MR) is 226 cm³/mol. The minimum absolute atomic E-state index is 0.134. The van der Waals surface area contributed by atoms with Gasteiger partial charge in [-0.05, 0) is 55.3 Å². The number of amides is 1. The standard InChI is InChI=1S/C42H56Cl2N4O7S/c1-4-6-7-8-9-10-11-12-13-14-15-16-17-20-27-45-41(49)33-25-24-32(29-34(33)43)39-40(55-38-26-23-31(28-35(38)44)30-54-53-5-2)42(50)48(46-39)37-22-19-18-21-36(37)47-56(3,51)52/h18-19,21-26,28-29,46-47H,4-17,20,27,30H2,1-3H3,(H,45,49). The molecule has 11 nitrogen and oxygen atoms in total. The summed E-state index contributed by atoms with van der Waals surface area (Å²) in [5, 5.41) is 6.42. The molecule has 56 heavy (non-hydrogen) atoms. The van der Waals surface area contributed by atoms with Crippen LogP contribution in [0, 0.1) is 0 Å². The van der Waals surface area contributed by atoms with Crippen molar-refractivity contribution < 1.29 is 27.7 Å². The lowest BCUT2D eigenvalue weighted by Gasteiger charge is -2.11. The van der Waals surface area contributed by atoms with Crippen LogP contribution < -0.4 is 20.3 Å². The van der Waals surface area contributed by atoms with E-state index in [2.05, 4.69) is 22.1 Å². The van der Waals surface area contributed by atoms with Gasteiger partial charge in [0.15, 0.2) is 0 Å². The number of nitrogens with one attached hydrogen (secondary N) is 3. The number of hydrogen-bond donors (Lipinski definition) is 3. The Morgan fingerprint density at radius 3 is 2.04 bits per heavy atom. The summed E-state index contributed by atoms with van der Waals surface area (Å²) in [5.41, 5.74) is 1.43. The molecule has 3 N–H and O–H groups in total. The molecule has 0 saturated heterocycles. The van der Waals surface area contributed by atoms with E-state index < -0.39 is 15.6 Å². The van der Waals surface area contributed by atoms with Crippen LogP contribution in [-0.4, -0.2) is 43.5 Å². The van der Waals surface area contributed by atoms with Gasteiger partial charge in [0.25, 0.3) is 5.91 Å². The molecule has 3 aromatic carbocycles. The van der Waals surface area contributed by atoms with Crippen LogP contribution in [0.25, 0.3) is 16.9 Å². The van der Waals surface area contributed by atoms with E-state index in [0.717, 1.165) is 25.5 Å². The Morgan fingerprint density at radius 1 is 0.786 bits per heavy atom. The third-order valence-electron chi connectivity index (χ3n) is 9.24. The number of nitrogens with zero attached hydrogens (tertiary/aromatic N) is 1. The lowest BCUT2D eigenvalue weighted by molar-refractivity contribution is -0.300. The molecule has 0 unspecified atom stereocenters. The van der Waals surface area contributed by atoms with Crippen molar-refractivity contribution in [2.75, 3.05) is 24.1 Å². The zero-order chi connectivity index (χ0) is 40.3. The number of halogens is 2. The minimum Gasteiger partial charge on any atom is -0.448 e. The minimum atomic E-state index is -3.68. The number of sulfonamides is 1. The largest absolute Gasteiger partial charge is 0.448 e. The first kappa shape index (κ1) is 44.9. The fraction of sp³-hybridized carbons (Fsp3) is 0.476. The molecule has 0 radical (unpaired) electrons. The Kier molecular flexibility index (Phi) is 18.8. The number of aromatic nitrogens is 2. The smallest absolute Gasteiger partial charge is 0.314 e. The Morgan fingerprint density at radius 2 is 1.43 bits per heavy atom. The molecular weight excluding hydrogens is 775 g/mol. The van der Waals surface area contributed by atoms with E-state index in [4.69, 9.17) is 37.7 Å². The lowest BCUT2D eigenvalue weighted by Crippen LogP contribution is -2.24. The highest BCUT2D eigenvalue weighted by atomic mass is 35.5. The number of H-pyrrole nitrogens is 1. The van der Waals surface area contributed by atoms with Gasteiger partial charge in [0.1, 0.15) is 18.1 Å². The Bertz CT molecular complexity index is 2020. The molecule has 1 amide bonds. The first-order valence-corrected chi connectivity index (χ1v) is 22.4. The summed E-state index contributed by atoms with van der Waals surface area (Å²) in [7, 11) is -3.68. The van der Waals surface area contributed by atoms with E-state index in [-0.39, 0.29) is 51.1 Å². The Hall–Kier alpha value is -3.81. The van der Waals surface area contributed by atoms with Crippen molar-refractivity contribution >= 4 is 44.8 Å². The first-order valence-electron chi connectivity index (χ1n) is 19.7. The number of ether oxygens (including phenoxy) is 1. The highest BCUT2D eigenvalue weighted by Crippen LogP contribution is 2.36. The van der Waals surface area contributed by atoms with Crippen LogP contribution in [0.3, 0.4) is 0 Å². The maximum absolute atomic E-state index is 14.1. The zero-order valence-corrected chi connectivity index (χ0v) is 35.1. The van der Waals surface area contributed by atoms with Gasteiger partial charge < -0.3 is 10.1 Å². The van der Waals surface area contributed by atoms with Crippen LogP contribution in [0.5, 0.6) is 11.5 Å². The Labute approximate surface area is 341 Å². The average Bonchev–Trinajstić information content (AvgIpc) is 3.48. The predicted octanol–water partition coefficient (Wildman–Crippen LogP) is 11.0. The summed E-state index contributed by atoms with van der Waals surface area (Å²) in [6.45, 7) is 5.14. The van der Waals surface area contributed by atoms with Gasteiger partial charge in [0, 0.05) is 12.1 Å². The summed E-state index contributed by atoms with van der Waals surface area (Å²) in [5.74, 6) is -0.241. The molecule has 1 aromatic heterocycles. The number of carbonyl (C=O) groups is 1. The molecule has 4 aromatic rings. The van der Waals surface area contributed by atoms with Crippen molar-refractivity contribution in [2.24, 2.45) is 0 Å².